The molecule has 1 rings (SSSR count). The number of benzene rings is 1. The van der Waals surface area contributed by atoms with Crippen LogP contribution in [0, 0.1) is 11.3 Å². The van der Waals surface area contributed by atoms with Crippen LogP contribution in [0.2, 0.25) is 0 Å². The molecule has 1 aromatic rings. The van der Waals surface area contributed by atoms with E-state index >= 15 is 0 Å². The molecule has 0 unspecified atom stereocenters. The van der Waals surface area contributed by atoms with Crippen molar-refractivity contribution in [2.75, 3.05) is 0 Å². The van der Waals surface area contributed by atoms with E-state index in [4.69, 9.17) is 10.4 Å². The number of halogens is 1. The van der Waals surface area contributed by atoms with Gasteiger partial charge in [-0.05, 0) is 17.7 Å². The van der Waals surface area contributed by atoms with Crippen LogP contribution in [0.4, 0.5) is 0 Å². The number of aliphatic hydroxyl groups excluding tert-OH is 2. The molecule has 3 nitrogen and oxygen atoms in total. The fraction of sp³-hybridized carbons (Fsp3) is 0.222. The maximum atomic E-state index is 9.39. The summed E-state index contributed by atoms with van der Waals surface area (Å²) in [5.41, 5.74) is 0.525. The van der Waals surface area contributed by atoms with Gasteiger partial charge >= 0.3 is 0 Å². The number of nitriles is 1. The zero-order chi connectivity index (χ0) is 9.84. The first-order valence-corrected chi connectivity index (χ1v) is 4.45. The number of aliphatic hydroxyl groups is 2. The van der Waals surface area contributed by atoms with Crippen molar-refractivity contribution < 1.29 is 10.2 Å². The largest absolute Gasteiger partial charge is 0.385 e. The highest BCUT2D eigenvalue weighted by molar-refractivity contribution is 9.10. The fourth-order valence-corrected chi connectivity index (χ4v) is 1.18. The van der Waals surface area contributed by atoms with E-state index < -0.39 is 12.2 Å². The van der Waals surface area contributed by atoms with Gasteiger partial charge in [-0.2, -0.15) is 5.26 Å². The van der Waals surface area contributed by atoms with Gasteiger partial charge in [0, 0.05) is 4.47 Å². The Morgan fingerprint density at radius 3 is 2.23 bits per heavy atom. The lowest BCUT2D eigenvalue weighted by molar-refractivity contribution is 0.0528. The molecule has 0 saturated heterocycles. The van der Waals surface area contributed by atoms with Gasteiger partial charge in [0.2, 0.25) is 0 Å². The average Bonchev–Trinajstić information content (AvgIpc) is 2.17. The standard InChI is InChI=1S/C9H8BrNO2/c10-7-3-1-6(2-4-7)9(13)8(12)5-11/h1-4,8-9,12-13H/t8-,9+/m0/s1. The molecule has 0 radical (unpaired) electrons. The third-order valence-corrected chi connectivity index (χ3v) is 2.17. The summed E-state index contributed by atoms with van der Waals surface area (Å²) in [7, 11) is 0. The number of rotatable bonds is 2. The first kappa shape index (κ1) is 10.2. The summed E-state index contributed by atoms with van der Waals surface area (Å²) in [6, 6.07) is 8.35. The van der Waals surface area contributed by atoms with Crippen molar-refractivity contribution in [2.24, 2.45) is 0 Å². The van der Waals surface area contributed by atoms with Gasteiger partial charge in [-0.15, -0.1) is 0 Å². The van der Waals surface area contributed by atoms with Crippen molar-refractivity contribution in [1.29, 1.82) is 5.26 Å². The van der Waals surface area contributed by atoms with E-state index in [-0.39, 0.29) is 0 Å². The molecule has 0 aliphatic carbocycles. The molecule has 68 valence electrons. The van der Waals surface area contributed by atoms with Gasteiger partial charge < -0.3 is 10.2 Å². The van der Waals surface area contributed by atoms with Gasteiger partial charge in [-0.3, -0.25) is 0 Å². The number of hydrogen-bond donors (Lipinski definition) is 2. The summed E-state index contributed by atoms with van der Waals surface area (Å²) < 4.78 is 0.884. The third-order valence-electron chi connectivity index (χ3n) is 1.64. The van der Waals surface area contributed by atoms with Crippen molar-refractivity contribution in [2.45, 2.75) is 12.2 Å². The van der Waals surface area contributed by atoms with Crippen LogP contribution in [-0.2, 0) is 0 Å². The Morgan fingerprint density at radius 2 is 1.77 bits per heavy atom. The van der Waals surface area contributed by atoms with Crippen molar-refractivity contribution in [3.05, 3.63) is 34.3 Å². The third kappa shape index (κ3) is 2.52. The van der Waals surface area contributed by atoms with Gasteiger partial charge in [-0.1, -0.05) is 28.1 Å². The van der Waals surface area contributed by atoms with Gasteiger partial charge in [0.1, 0.15) is 6.10 Å². The monoisotopic (exact) mass is 241 g/mol. The summed E-state index contributed by atoms with van der Waals surface area (Å²) >= 11 is 3.24. The van der Waals surface area contributed by atoms with Crippen LogP contribution >= 0.6 is 15.9 Å². The minimum atomic E-state index is -1.37. The second kappa shape index (κ2) is 4.38. The number of hydrogen-bond acceptors (Lipinski definition) is 3. The normalized spacial score (nSPS) is 14.6. The Morgan fingerprint density at radius 1 is 1.23 bits per heavy atom. The SMILES string of the molecule is N#C[C@H](O)[C@H](O)c1ccc(Br)cc1. The second-order valence-electron chi connectivity index (χ2n) is 2.57. The molecular formula is C9H8BrNO2. The molecule has 0 spiro atoms. The fourth-order valence-electron chi connectivity index (χ4n) is 0.913. The molecular weight excluding hydrogens is 234 g/mol. The van der Waals surface area contributed by atoms with Gasteiger partial charge in [0.15, 0.2) is 6.10 Å². The zero-order valence-electron chi connectivity index (χ0n) is 6.68. The Kier molecular flexibility index (Phi) is 3.43. The summed E-state index contributed by atoms with van der Waals surface area (Å²) in [6.07, 6.45) is -2.51. The second-order valence-corrected chi connectivity index (χ2v) is 3.49. The summed E-state index contributed by atoms with van der Waals surface area (Å²) in [6.45, 7) is 0. The van der Waals surface area contributed by atoms with E-state index in [0.29, 0.717) is 5.56 Å². The van der Waals surface area contributed by atoms with Crippen LogP contribution in [0.5, 0.6) is 0 Å². The van der Waals surface area contributed by atoms with E-state index in [1.807, 2.05) is 0 Å². The molecule has 0 aliphatic heterocycles. The average molecular weight is 242 g/mol. The molecule has 2 N–H and O–H groups in total. The zero-order valence-corrected chi connectivity index (χ0v) is 8.27. The highest BCUT2D eigenvalue weighted by Crippen LogP contribution is 2.19. The summed E-state index contributed by atoms with van der Waals surface area (Å²) in [4.78, 5) is 0. The molecule has 0 aromatic heterocycles. The minimum Gasteiger partial charge on any atom is -0.385 e. The molecule has 0 bridgehead atoms. The first-order chi connectivity index (χ1) is 6.15. The van der Waals surface area contributed by atoms with E-state index in [0.717, 1.165) is 4.47 Å². The number of nitrogens with zero attached hydrogens (tertiary/aromatic N) is 1. The van der Waals surface area contributed by atoms with Crippen LogP contribution in [0.25, 0.3) is 0 Å². The van der Waals surface area contributed by atoms with Crippen LogP contribution in [0.1, 0.15) is 11.7 Å². The Bertz CT molecular complexity index is 317. The predicted molar refractivity (Wildman–Crippen MR) is 50.7 cm³/mol. The van der Waals surface area contributed by atoms with Crippen molar-refractivity contribution in [1.82, 2.24) is 0 Å². The molecule has 0 aliphatic rings. The maximum absolute atomic E-state index is 9.39. The van der Waals surface area contributed by atoms with E-state index in [9.17, 15) is 5.11 Å². The van der Waals surface area contributed by atoms with Crippen molar-refractivity contribution >= 4 is 15.9 Å². The molecule has 0 saturated carbocycles. The van der Waals surface area contributed by atoms with Gasteiger partial charge in [0.25, 0.3) is 0 Å². The van der Waals surface area contributed by atoms with Crippen LogP contribution < -0.4 is 0 Å². The molecule has 0 amide bonds. The minimum absolute atomic E-state index is 0.525. The van der Waals surface area contributed by atoms with Gasteiger partial charge in [0.05, 0.1) is 6.07 Å². The highest BCUT2D eigenvalue weighted by Gasteiger charge is 2.16. The molecule has 1 aromatic carbocycles. The maximum Gasteiger partial charge on any atom is 0.170 e. The molecule has 4 heteroatoms. The summed E-state index contributed by atoms with van der Waals surface area (Å²) in [5.74, 6) is 0. The lowest BCUT2D eigenvalue weighted by Gasteiger charge is -2.11. The van der Waals surface area contributed by atoms with Crippen molar-refractivity contribution in [3.8, 4) is 6.07 Å². The Labute approximate surface area is 84.4 Å². The quantitative estimate of drug-likeness (QED) is 0.769. The lowest BCUT2D eigenvalue weighted by atomic mass is 10.1. The first-order valence-electron chi connectivity index (χ1n) is 3.66. The van der Waals surface area contributed by atoms with E-state index in [1.165, 1.54) is 0 Å². The van der Waals surface area contributed by atoms with Crippen LogP contribution in [-0.4, -0.2) is 16.3 Å². The molecule has 13 heavy (non-hydrogen) atoms. The topological polar surface area (TPSA) is 64.2 Å². The smallest absolute Gasteiger partial charge is 0.170 e. The van der Waals surface area contributed by atoms with E-state index in [1.54, 1.807) is 30.3 Å². The highest BCUT2D eigenvalue weighted by atomic mass is 79.9. The molecule has 2 atom stereocenters. The Hall–Kier alpha value is -0.890. The molecule has 0 heterocycles. The van der Waals surface area contributed by atoms with Gasteiger partial charge in [-0.25, -0.2) is 0 Å². The van der Waals surface area contributed by atoms with Crippen molar-refractivity contribution in [3.63, 3.8) is 0 Å². The van der Waals surface area contributed by atoms with Crippen LogP contribution in [0.3, 0.4) is 0 Å². The molecule has 0 fully saturated rings. The van der Waals surface area contributed by atoms with Crippen LogP contribution in [0.15, 0.2) is 28.7 Å². The van der Waals surface area contributed by atoms with E-state index in [2.05, 4.69) is 15.9 Å². The Balaban J connectivity index is 2.84. The lowest BCUT2D eigenvalue weighted by Crippen LogP contribution is -2.15. The predicted octanol–water partition coefficient (Wildman–Crippen LogP) is 1.37. The summed E-state index contributed by atoms with van der Waals surface area (Å²) in [5, 5.41) is 26.8.